The van der Waals surface area contributed by atoms with Gasteiger partial charge >= 0.3 is 5.69 Å². The summed E-state index contributed by atoms with van der Waals surface area (Å²) >= 11 is 6.22. The van der Waals surface area contributed by atoms with Crippen molar-refractivity contribution >= 4 is 17.5 Å². The van der Waals surface area contributed by atoms with E-state index >= 15 is 0 Å². The maximum absolute atomic E-state index is 12.1. The molecule has 132 valence electrons. The van der Waals surface area contributed by atoms with Gasteiger partial charge in [-0.25, -0.2) is 9.78 Å². The zero-order chi connectivity index (χ0) is 18.8. The number of aromatic nitrogens is 3. The summed E-state index contributed by atoms with van der Waals surface area (Å²) in [6, 6.07) is 12.2. The first-order chi connectivity index (χ1) is 12.3. The van der Waals surface area contributed by atoms with Crippen LogP contribution in [0.2, 0.25) is 5.02 Å². The smallest absolute Gasteiger partial charge is 0.348 e. The topological polar surface area (TPSA) is 102 Å². The van der Waals surface area contributed by atoms with Crippen LogP contribution in [0.3, 0.4) is 0 Å². The number of carbonyl (C=O) groups is 1. The lowest BCUT2D eigenvalue weighted by Gasteiger charge is -2.09. The molecule has 2 aromatic carbocycles. The summed E-state index contributed by atoms with van der Waals surface area (Å²) in [5.41, 5.74) is 7.28. The predicted octanol–water partition coefficient (Wildman–Crippen LogP) is 3.37. The van der Waals surface area contributed by atoms with Gasteiger partial charge in [0.05, 0.1) is 5.02 Å². The number of nitrogens with zero attached hydrogens (tertiary/aromatic N) is 2. The number of amides is 1. The summed E-state index contributed by atoms with van der Waals surface area (Å²) in [5, 5.41) is 0.339. The van der Waals surface area contributed by atoms with E-state index in [1.807, 2.05) is 24.3 Å². The van der Waals surface area contributed by atoms with Gasteiger partial charge in [0.2, 0.25) is 5.91 Å². The Labute approximate surface area is 155 Å². The van der Waals surface area contributed by atoms with Gasteiger partial charge in [0.1, 0.15) is 5.82 Å². The van der Waals surface area contributed by atoms with Crippen molar-refractivity contribution in [2.24, 2.45) is 5.73 Å². The van der Waals surface area contributed by atoms with E-state index in [-0.39, 0.29) is 17.2 Å². The summed E-state index contributed by atoms with van der Waals surface area (Å²) in [5.74, 6) is 0.247. The lowest BCUT2D eigenvalue weighted by atomic mass is 10.0. The average molecular weight is 369 g/mol. The Morgan fingerprint density at radius 2 is 1.92 bits per heavy atom. The van der Waals surface area contributed by atoms with Crippen LogP contribution in [0, 0.1) is 0 Å². The van der Waals surface area contributed by atoms with Crippen LogP contribution >= 0.6 is 11.6 Å². The quantitative estimate of drug-likeness (QED) is 0.736. The molecule has 0 atom stereocenters. The van der Waals surface area contributed by atoms with Gasteiger partial charge in [-0.2, -0.15) is 4.98 Å². The number of halogens is 1. The normalized spacial score (nSPS) is 10.9. The second kappa shape index (κ2) is 7.09. The van der Waals surface area contributed by atoms with Crippen LogP contribution < -0.4 is 11.4 Å². The molecule has 0 aliphatic carbocycles. The van der Waals surface area contributed by atoms with E-state index in [2.05, 4.69) is 28.8 Å². The Bertz CT molecular complexity index is 1040. The molecule has 1 aromatic heterocycles. The first-order valence-corrected chi connectivity index (χ1v) is 8.41. The number of carbonyl (C=O) groups excluding carboxylic acids is 1. The minimum absolute atomic E-state index is 0.225. The molecule has 0 saturated carbocycles. The number of benzene rings is 2. The second-order valence-corrected chi connectivity index (χ2v) is 6.57. The van der Waals surface area contributed by atoms with Crippen molar-refractivity contribution in [3.8, 4) is 22.8 Å². The molecule has 26 heavy (non-hydrogen) atoms. The Kier molecular flexibility index (Phi) is 4.86. The third-order valence-corrected chi connectivity index (χ3v) is 4.30. The van der Waals surface area contributed by atoms with Crippen molar-refractivity contribution in [3.05, 3.63) is 69.1 Å². The number of H-pyrrole nitrogens is 1. The molecular formula is C19H17ClN4O2. The SMILES string of the molecule is CC(C)c1cccc(-c2nc(-c3cc(C(N)=O)ccc3Cl)[nH]c(=O)n2)c1. The molecule has 6 nitrogen and oxygen atoms in total. The van der Waals surface area contributed by atoms with Gasteiger partial charge < -0.3 is 5.73 Å². The zero-order valence-corrected chi connectivity index (χ0v) is 15.0. The number of aromatic amines is 1. The summed E-state index contributed by atoms with van der Waals surface area (Å²) in [4.78, 5) is 34.4. The van der Waals surface area contributed by atoms with E-state index in [9.17, 15) is 9.59 Å². The van der Waals surface area contributed by atoms with E-state index in [0.717, 1.165) is 11.1 Å². The van der Waals surface area contributed by atoms with Gasteiger partial charge in [0, 0.05) is 16.7 Å². The van der Waals surface area contributed by atoms with E-state index in [1.165, 1.54) is 18.2 Å². The molecule has 0 aliphatic heterocycles. The second-order valence-electron chi connectivity index (χ2n) is 6.17. The van der Waals surface area contributed by atoms with Crippen LogP contribution in [0.5, 0.6) is 0 Å². The molecule has 7 heteroatoms. The van der Waals surface area contributed by atoms with Crippen molar-refractivity contribution in [1.82, 2.24) is 15.0 Å². The summed E-state index contributed by atoms with van der Waals surface area (Å²) in [7, 11) is 0. The third-order valence-electron chi connectivity index (χ3n) is 3.97. The molecule has 3 rings (SSSR count). The van der Waals surface area contributed by atoms with Gasteiger partial charge in [-0.1, -0.05) is 43.6 Å². The fraction of sp³-hybridized carbons (Fsp3) is 0.158. The van der Waals surface area contributed by atoms with Crippen LogP contribution in [-0.4, -0.2) is 20.9 Å². The number of rotatable bonds is 4. The zero-order valence-electron chi connectivity index (χ0n) is 14.3. The minimum Gasteiger partial charge on any atom is -0.366 e. The molecule has 1 heterocycles. The van der Waals surface area contributed by atoms with Crippen molar-refractivity contribution < 1.29 is 4.79 Å². The standard InChI is InChI=1S/C19H17ClN4O2/c1-10(2)11-4-3-5-13(8-11)17-22-18(24-19(26)23-17)14-9-12(16(21)25)6-7-15(14)20/h3-10H,1-2H3,(H2,21,25)(H,22,23,24,26). The highest BCUT2D eigenvalue weighted by molar-refractivity contribution is 6.33. The van der Waals surface area contributed by atoms with Crippen molar-refractivity contribution in [3.63, 3.8) is 0 Å². The van der Waals surface area contributed by atoms with Crippen LogP contribution in [0.25, 0.3) is 22.8 Å². The van der Waals surface area contributed by atoms with E-state index in [0.29, 0.717) is 16.5 Å². The monoisotopic (exact) mass is 368 g/mol. The van der Waals surface area contributed by atoms with Gasteiger partial charge in [-0.15, -0.1) is 0 Å². The summed E-state index contributed by atoms with van der Waals surface area (Å²) in [6.07, 6.45) is 0. The Morgan fingerprint density at radius 3 is 2.62 bits per heavy atom. The highest BCUT2D eigenvalue weighted by Gasteiger charge is 2.13. The number of nitrogens with one attached hydrogen (secondary N) is 1. The number of hydrogen-bond acceptors (Lipinski definition) is 4. The maximum atomic E-state index is 12.1. The predicted molar refractivity (Wildman–Crippen MR) is 101 cm³/mol. The average Bonchev–Trinajstić information content (AvgIpc) is 2.61. The van der Waals surface area contributed by atoms with Crippen molar-refractivity contribution in [2.45, 2.75) is 19.8 Å². The Morgan fingerprint density at radius 1 is 1.15 bits per heavy atom. The fourth-order valence-electron chi connectivity index (χ4n) is 2.54. The fourth-order valence-corrected chi connectivity index (χ4v) is 2.74. The molecule has 0 unspecified atom stereocenters. The van der Waals surface area contributed by atoms with E-state index in [1.54, 1.807) is 0 Å². The molecule has 0 bridgehead atoms. The molecule has 0 saturated heterocycles. The molecular weight excluding hydrogens is 352 g/mol. The lowest BCUT2D eigenvalue weighted by Crippen LogP contribution is -2.15. The molecule has 3 N–H and O–H groups in total. The summed E-state index contributed by atoms with van der Waals surface area (Å²) in [6.45, 7) is 4.16. The van der Waals surface area contributed by atoms with Gasteiger partial charge in [-0.05, 0) is 35.7 Å². The van der Waals surface area contributed by atoms with E-state index in [4.69, 9.17) is 17.3 Å². The minimum atomic E-state index is -0.593. The molecule has 0 spiro atoms. The molecule has 1 amide bonds. The highest BCUT2D eigenvalue weighted by Crippen LogP contribution is 2.27. The largest absolute Gasteiger partial charge is 0.366 e. The van der Waals surface area contributed by atoms with Crippen molar-refractivity contribution in [2.75, 3.05) is 0 Å². The van der Waals surface area contributed by atoms with Gasteiger partial charge in [0.15, 0.2) is 5.82 Å². The lowest BCUT2D eigenvalue weighted by molar-refractivity contribution is 0.100. The number of nitrogens with two attached hydrogens (primary N) is 1. The molecule has 0 radical (unpaired) electrons. The first-order valence-electron chi connectivity index (χ1n) is 8.03. The molecule has 3 aromatic rings. The Hall–Kier alpha value is -2.99. The molecule has 0 aliphatic rings. The van der Waals surface area contributed by atoms with Crippen LogP contribution in [0.15, 0.2) is 47.3 Å². The highest BCUT2D eigenvalue weighted by atomic mass is 35.5. The van der Waals surface area contributed by atoms with E-state index < -0.39 is 11.6 Å². The Balaban J connectivity index is 2.15. The van der Waals surface area contributed by atoms with Gasteiger partial charge in [0.25, 0.3) is 0 Å². The van der Waals surface area contributed by atoms with Crippen LogP contribution in [0.1, 0.15) is 35.7 Å². The third kappa shape index (κ3) is 3.65. The molecule has 0 fully saturated rings. The maximum Gasteiger partial charge on any atom is 0.348 e. The number of primary amides is 1. The van der Waals surface area contributed by atoms with Crippen LogP contribution in [-0.2, 0) is 0 Å². The van der Waals surface area contributed by atoms with Gasteiger partial charge in [-0.3, -0.25) is 9.78 Å². The first kappa shape index (κ1) is 17.8. The number of hydrogen-bond donors (Lipinski definition) is 2. The van der Waals surface area contributed by atoms with Crippen molar-refractivity contribution in [1.29, 1.82) is 0 Å². The van der Waals surface area contributed by atoms with Crippen LogP contribution in [0.4, 0.5) is 0 Å². The summed E-state index contributed by atoms with van der Waals surface area (Å²) < 4.78 is 0.